The number of esters is 2. The van der Waals surface area contributed by atoms with Crippen LogP contribution in [0.1, 0.15) is 121 Å². The number of aryl methyl sites for hydroxylation is 2. The largest absolute Gasteiger partial charge is 0.465 e. The molecule has 22 nitrogen and oxygen atoms in total. The third-order valence-electron chi connectivity index (χ3n) is 11.8. The Balaban J connectivity index is 1.22. The van der Waals surface area contributed by atoms with E-state index in [4.69, 9.17) is 36.3 Å². The van der Waals surface area contributed by atoms with Crippen molar-refractivity contribution < 1.29 is 19.1 Å². The van der Waals surface area contributed by atoms with E-state index in [-0.39, 0.29) is 46.5 Å². The summed E-state index contributed by atoms with van der Waals surface area (Å²) in [6.45, 7) is 1.73. The van der Waals surface area contributed by atoms with Crippen LogP contribution in [0.2, 0.25) is 0 Å². The van der Waals surface area contributed by atoms with E-state index in [2.05, 4.69) is 45.7 Å². The number of nitrogens with one attached hydrogen (secondary N) is 1. The molecule has 0 spiro atoms. The molecule has 1 aliphatic carbocycles. The van der Waals surface area contributed by atoms with Gasteiger partial charge in [-0.15, -0.1) is 20.5 Å². The topological polar surface area (TPSA) is 266 Å². The van der Waals surface area contributed by atoms with Crippen LogP contribution < -0.4 is 16.8 Å². The van der Waals surface area contributed by atoms with Crippen LogP contribution in [0.3, 0.4) is 0 Å². The molecule has 2 atom stereocenters. The Hall–Kier alpha value is -6.42. The van der Waals surface area contributed by atoms with E-state index >= 15 is 0 Å². The van der Waals surface area contributed by atoms with E-state index < -0.39 is 11.9 Å². The lowest BCUT2D eigenvalue weighted by Crippen LogP contribution is -2.41. The van der Waals surface area contributed by atoms with Crippen LogP contribution in [0.4, 0.5) is 34.6 Å². The highest BCUT2D eigenvalue weighted by molar-refractivity contribution is 5.94. The summed E-state index contributed by atoms with van der Waals surface area (Å²) in [5.74, 6) is 0.265. The molecule has 2 aliphatic heterocycles. The van der Waals surface area contributed by atoms with Crippen molar-refractivity contribution in [1.29, 1.82) is 0 Å². The molecular weight excluding hydrogens is 785 g/mol. The molecule has 7 heterocycles. The van der Waals surface area contributed by atoms with E-state index in [0.717, 1.165) is 64.5 Å². The number of carbonyl (C=O) groups excluding carboxylic acids is 2. The fraction of sp³-hybridized carbons (Fsp3) is 0.538. The van der Waals surface area contributed by atoms with Crippen LogP contribution in [0.5, 0.6) is 0 Å². The van der Waals surface area contributed by atoms with Gasteiger partial charge in [-0.2, -0.15) is 29.8 Å². The normalized spacial score (nSPS) is 19.5. The van der Waals surface area contributed by atoms with Crippen molar-refractivity contribution in [2.24, 2.45) is 34.6 Å². The first-order valence-electron chi connectivity index (χ1n) is 20.8. The summed E-state index contributed by atoms with van der Waals surface area (Å²) in [5, 5.41) is 40.2. The van der Waals surface area contributed by atoms with Gasteiger partial charge in [-0.05, 0) is 51.6 Å². The zero-order valence-electron chi connectivity index (χ0n) is 34.9. The molecule has 3 aliphatic rings. The quantitative estimate of drug-likeness (QED) is 0.0789. The van der Waals surface area contributed by atoms with Crippen LogP contribution in [-0.4, -0.2) is 99.3 Å². The van der Waals surface area contributed by atoms with Gasteiger partial charge in [0.2, 0.25) is 0 Å². The van der Waals surface area contributed by atoms with E-state index in [1.807, 2.05) is 0 Å². The standard InChI is InChI=1S/C39H52N18O4/c1-53-36(24(20-45-53)38(58)60-3)49-47-32-30(26-15-9-11-17-42-26)51-56(34(32)40)28-19-29(44-22-43-28)57-35(41)33(48-50-37-25(39(59)61-4)21-46-54(37)2)31(52-57)27-16-10-12-18-55(27)23-13-7-5-6-8-14-23/h19-23,26-27,42H,5-18,40-41H2,1-4H3. The highest BCUT2D eigenvalue weighted by Crippen LogP contribution is 2.43. The third kappa shape index (κ3) is 8.23. The lowest BCUT2D eigenvalue weighted by Gasteiger charge is -2.40. The fourth-order valence-corrected chi connectivity index (χ4v) is 8.62. The van der Waals surface area contributed by atoms with Crippen LogP contribution in [0, 0.1) is 0 Å². The lowest BCUT2D eigenvalue weighted by atomic mass is 9.94. The Morgan fingerprint density at radius 3 is 1.80 bits per heavy atom. The van der Waals surface area contributed by atoms with Gasteiger partial charge in [0.05, 0.1) is 38.7 Å². The molecule has 1 saturated carbocycles. The number of anilines is 2. The SMILES string of the molecule is COC(=O)c1cnn(C)c1N=Nc1c(C2CCCCN2)nn(-c2cc(-n3nc(C4CCCCN4C4CCCCCC4)c(N=Nc4c(C(=O)OC)cnn4C)c3N)ncn2)c1N. The Bertz CT molecular complexity index is 2430. The molecule has 0 aromatic carbocycles. The van der Waals surface area contributed by atoms with E-state index in [9.17, 15) is 9.59 Å². The van der Waals surface area contributed by atoms with Crippen molar-refractivity contribution in [2.75, 3.05) is 38.8 Å². The minimum atomic E-state index is -0.595. The fourth-order valence-electron chi connectivity index (χ4n) is 8.62. The zero-order valence-corrected chi connectivity index (χ0v) is 34.9. The number of carbonyl (C=O) groups is 2. The number of methoxy groups -OCH3 is 2. The van der Waals surface area contributed by atoms with Gasteiger partial charge in [-0.3, -0.25) is 4.90 Å². The molecule has 8 rings (SSSR count). The number of azo groups is 2. The van der Waals surface area contributed by atoms with Crippen molar-refractivity contribution in [3.05, 3.63) is 47.3 Å². The van der Waals surface area contributed by atoms with Gasteiger partial charge in [-0.25, -0.2) is 28.9 Å². The Morgan fingerprint density at radius 1 is 0.705 bits per heavy atom. The first-order valence-corrected chi connectivity index (χ1v) is 20.8. The van der Waals surface area contributed by atoms with Crippen molar-refractivity contribution in [2.45, 2.75) is 95.2 Å². The smallest absolute Gasteiger partial charge is 0.343 e. The maximum atomic E-state index is 12.6. The predicted octanol–water partition coefficient (Wildman–Crippen LogP) is 5.95. The number of nitrogen functional groups attached to an aromatic ring is 2. The average Bonchev–Trinajstić information content (AvgIpc) is 3.97. The van der Waals surface area contributed by atoms with Crippen LogP contribution >= 0.6 is 0 Å². The van der Waals surface area contributed by atoms with Gasteiger partial charge in [0.1, 0.15) is 28.8 Å². The second kappa shape index (κ2) is 18.1. The molecule has 5 aromatic rings. The molecule has 22 heteroatoms. The molecule has 0 amide bonds. The molecule has 322 valence electrons. The minimum absolute atomic E-state index is 0.0818. The molecule has 2 saturated heterocycles. The second-order valence-electron chi connectivity index (χ2n) is 15.6. The first-order chi connectivity index (χ1) is 29.7. The molecule has 0 radical (unpaired) electrons. The number of ether oxygens (including phenoxy) is 2. The Kier molecular flexibility index (Phi) is 12.2. The summed E-state index contributed by atoms with van der Waals surface area (Å²) in [4.78, 5) is 36.9. The summed E-state index contributed by atoms with van der Waals surface area (Å²) in [6, 6.07) is 1.85. The first kappa shape index (κ1) is 41.3. The van der Waals surface area contributed by atoms with Crippen LogP contribution in [-0.2, 0) is 23.6 Å². The molecule has 2 unspecified atom stereocenters. The number of likely N-dealkylation sites (tertiary alicyclic amines) is 1. The summed E-state index contributed by atoms with van der Waals surface area (Å²) in [5.41, 5.74) is 16.1. The van der Waals surface area contributed by atoms with Gasteiger partial charge in [-0.1, -0.05) is 38.5 Å². The third-order valence-corrected chi connectivity index (χ3v) is 11.8. The number of rotatable bonds is 11. The van der Waals surface area contributed by atoms with Crippen LogP contribution in [0.15, 0.2) is 45.2 Å². The van der Waals surface area contributed by atoms with E-state index in [1.54, 1.807) is 24.8 Å². The molecular formula is C39H52N18O4. The van der Waals surface area contributed by atoms with E-state index in [0.29, 0.717) is 40.4 Å². The van der Waals surface area contributed by atoms with Gasteiger partial charge in [0.25, 0.3) is 0 Å². The summed E-state index contributed by atoms with van der Waals surface area (Å²) < 4.78 is 15.8. The highest BCUT2D eigenvalue weighted by Gasteiger charge is 2.36. The molecule has 5 N–H and O–H groups in total. The summed E-state index contributed by atoms with van der Waals surface area (Å²) in [7, 11) is 5.92. The zero-order chi connectivity index (χ0) is 42.6. The van der Waals surface area contributed by atoms with Gasteiger partial charge >= 0.3 is 11.9 Å². The number of hydrogen-bond donors (Lipinski definition) is 3. The maximum absolute atomic E-state index is 12.6. The Labute approximate surface area is 351 Å². The van der Waals surface area contributed by atoms with Gasteiger partial charge in [0, 0.05) is 26.2 Å². The number of nitrogens with two attached hydrogens (primary N) is 2. The van der Waals surface area contributed by atoms with Crippen molar-refractivity contribution in [3.8, 4) is 11.6 Å². The number of hydrogen-bond acceptors (Lipinski definition) is 18. The maximum Gasteiger partial charge on any atom is 0.343 e. The Morgan fingerprint density at radius 2 is 1.25 bits per heavy atom. The number of nitrogens with zero attached hydrogens (tertiary/aromatic N) is 15. The van der Waals surface area contributed by atoms with Crippen LogP contribution in [0.25, 0.3) is 11.6 Å². The molecule has 3 fully saturated rings. The van der Waals surface area contributed by atoms with Gasteiger partial charge < -0.3 is 26.3 Å². The summed E-state index contributed by atoms with van der Waals surface area (Å²) >= 11 is 0. The molecule has 61 heavy (non-hydrogen) atoms. The van der Waals surface area contributed by atoms with Crippen molar-refractivity contribution in [3.63, 3.8) is 0 Å². The minimum Gasteiger partial charge on any atom is -0.465 e. The average molecular weight is 837 g/mol. The molecule has 5 aromatic heterocycles. The monoisotopic (exact) mass is 836 g/mol. The van der Waals surface area contributed by atoms with Crippen molar-refractivity contribution in [1.82, 2.24) is 59.3 Å². The number of piperidine rings is 2. The number of aromatic nitrogens is 10. The van der Waals surface area contributed by atoms with Gasteiger partial charge in [0.15, 0.2) is 46.3 Å². The predicted molar refractivity (Wildman–Crippen MR) is 222 cm³/mol. The van der Waals surface area contributed by atoms with Crippen molar-refractivity contribution >= 4 is 46.6 Å². The highest BCUT2D eigenvalue weighted by atomic mass is 16.5. The van der Waals surface area contributed by atoms with E-state index in [1.165, 1.54) is 72.7 Å². The summed E-state index contributed by atoms with van der Waals surface area (Å²) in [6.07, 6.45) is 17.0. The lowest BCUT2D eigenvalue weighted by molar-refractivity contribution is 0.0592. The second-order valence-corrected chi connectivity index (χ2v) is 15.6. The molecule has 0 bridgehead atoms.